The second-order valence-electron chi connectivity index (χ2n) is 20.7. The van der Waals surface area contributed by atoms with E-state index in [1.54, 1.807) is 0 Å². The van der Waals surface area contributed by atoms with Crippen molar-refractivity contribution in [3.05, 3.63) is 0 Å². The molecule has 64 heavy (non-hydrogen) atoms. The van der Waals surface area contributed by atoms with Crippen LogP contribution >= 0.6 is 0 Å². The van der Waals surface area contributed by atoms with E-state index in [1.807, 2.05) is 0 Å². The Morgan fingerprint density at radius 1 is 0.438 bits per heavy atom. The molecule has 380 valence electrons. The van der Waals surface area contributed by atoms with Crippen molar-refractivity contribution >= 4 is 11.9 Å². The van der Waals surface area contributed by atoms with Gasteiger partial charge in [0.15, 0.2) is 0 Å². The van der Waals surface area contributed by atoms with Crippen LogP contribution in [-0.4, -0.2) is 85.4 Å². The highest BCUT2D eigenvalue weighted by molar-refractivity contribution is 5.69. The Morgan fingerprint density at radius 2 is 0.766 bits per heavy atom. The Hall–Kier alpha value is -1.18. The summed E-state index contributed by atoms with van der Waals surface area (Å²) in [5.41, 5.74) is 0. The minimum Gasteiger partial charge on any atom is -0.465 e. The zero-order valence-electron chi connectivity index (χ0n) is 43.8. The van der Waals surface area contributed by atoms with Crippen molar-refractivity contribution in [3.63, 3.8) is 0 Å². The zero-order valence-corrected chi connectivity index (χ0v) is 43.8. The number of esters is 2. The van der Waals surface area contributed by atoms with E-state index < -0.39 is 0 Å². The summed E-state index contributed by atoms with van der Waals surface area (Å²) < 4.78 is 11.9. The van der Waals surface area contributed by atoms with Crippen molar-refractivity contribution in [2.75, 3.05) is 46.4 Å². The van der Waals surface area contributed by atoms with Crippen molar-refractivity contribution in [1.82, 2.24) is 9.80 Å². The average Bonchev–Trinajstić information content (AvgIpc) is 3.29. The van der Waals surface area contributed by atoms with Crippen LogP contribution in [0.2, 0.25) is 0 Å². The van der Waals surface area contributed by atoms with E-state index in [0.717, 1.165) is 90.4 Å². The van der Waals surface area contributed by atoms with Gasteiger partial charge in [0.05, 0.1) is 19.3 Å². The summed E-state index contributed by atoms with van der Waals surface area (Å²) in [7, 11) is 2.26. The van der Waals surface area contributed by atoms with Crippen LogP contribution in [-0.2, 0) is 19.1 Å². The summed E-state index contributed by atoms with van der Waals surface area (Å²) in [4.78, 5) is 30.9. The molecule has 0 aliphatic heterocycles. The van der Waals surface area contributed by atoms with Crippen LogP contribution in [0.4, 0.5) is 0 Å². The molecule has 0 atom stereocenters. The van der Waals surface area contributed by atoms with Gasteiger partial charge in [0.25, 0.3) is 0 Å². The molecule has 0 unspecified atom stereocenters. The second-order valence-corrected chi connectivity index (χ2v) is 20.7. The van der Waals surface area contributed by atoms with Crippen LogP contribution in [0.3, 0.4) is 0 Å². The number of hydrogen-bond acceptors (Lipinski definition) is 7. The van der Waals surface area contributed by atoms with Crippen molar-refractivity contribution in [2.45, 2.75) is 297 Å². The number of rotatable bonds is 48. The van der Waals surface area contributed by atoms with E-state index in [2.05, 4.69) is 44.5 Å². The number of unbranched alkanes of at least 4 members (excludes halogenated alkanes) is 24. The molecule has 0 aromatic rings. The van der Waals surface area contributed by atoms with Gasteiger partial charge in [-0.3, -0.25) is 9.59 Å². The smallest absolute Gasteiger partial charge is 0.305 e. The zero-order chi connectivity index (χ0) is 46.6. The minimum atomic E-state index is -0.121. The fraction of sp³-hybridized carbons (Fsp3) is 0.965. The molecule has 0 saturated heterocycles. The maximum atomic E-state index is 12.9. The van der Waals surface area contributed by atoms with Gasteiger partial charge in [0.2, 0.25) is 0 Å². The quantitative estimate of drug-likeness (QED) is 0.0481. The SMILES string of the molecule is CCCCCCCCC(CCCCCCCC)COC(=O)CCCCCN(CCCCCC(=O)OCC(CCCCCCCC)CCCCCCCC)CCN(C)C1CCC(O)CC1. The molecule has 0 bridgehead atoms. The van der Waals surface area contributed by atoms with Crippen LogP contribution in [0.15, 0.2) is 0 Å². The van der Waals surface area contributed by atoms with Gasteiger partial charge < -0.3 is 24.4 Å². The molecule has 0 aromatic carbocycles. The molecule has 1 fully saturated rings. The monoisotopic (exact) mass is 905 g/mol. The third-order valence-electron chi connectivity index (χ3n) is 14.6. The molecule has 1 aliphatic carbocycles. The number of hydrogen-bond donors (Lipinski definition) is 1. The molecule has 1 N–H and O–H groups in total. The van der Waals surface area contributed by atoms with Gasteiger partial charge in [-0.1, -0.05) is 195 Å². The van der Waals surface area contributed by atoms with Crippen LogP contribution < -0.4 is 0 Å². The Balaban J connectivity index is 2.52. The van der Waals surface area contributed by atoms with Crippen molar-refractivity contribution in [3.8, 4) is 0 Å². The number of carbonyl (C=O) groups excluding carboxylic acids is 2. The molecule has 7 heteroatoms. The summed E-state index contributed by atoms with van der Waals surface area (Å²) in [5, 5.41) is 10.0. The predicted molar refractivity (Wildman–Crippen MR) is 275 cm³/mol. The highest BCUT2D eigenvalue weighted by Crippen LogP contribution is 2.24. The number of aliphatic hydroxyl groups is 1. The van der Waals surface area contributed by atoms with E-state index in [-0.39, 0.29) is 18.0 Å². The van der Waals surface area contributed by atoms with E-state index in [4.69, 9.17) is 9.47 Å². The molecular formula is C57H112N2O5. The molecule has 0 amide bonds. The lowest BCUT2D eigenvalue weighted by molar-refractivity contribution is -0.146. The first-order chi connectivity index (χ1) is 31.3. The third-order valence-corrected chi connectivity index (χ3v) is 14.6. The molecule has 1 saturated carbocycles. The lowest BCUT2D eigenvalue weighted by atomic mass is 9.92. The first kappa shape index (κ1) is 60.8. The van der Waals surface area contributed by atoms with Crippen LogP contribution in [0.5, 0.6) is 0 Å². The third kappa shape index (κ3) is 37.9. The molecule has 0 aromatic heterocycles. The summed E-state index contributed by atoms with van der Waals surface area (Å²) in [6, 6.07) is 0.564. The highest BCUT2D eigenvalue weighted by Gasteiger charge is 2.23. The van der Waals surface area contributed by atoms with Crippen molar-refractivity contribution < 1.29 is 24.2 Å². The Kier molecular flexibility index (Phi) is 43.3. The second kappa shape index (κ2) is 45.6. The van der Waals surface area contributed by atoms with Gasteiger partial charge in [-0.15, -0.1) is 0 Å². The standard InChI is InChI=1S/C57H112N2O5/c1-6-10-14-18-22-28-36-52(37-29-23-19-15-11-7-2)50-63-56(61)40-32-26-34-46-59(49-48-58(5)54-42-44-55(60)45-43-54)47-35-27-33-41-57(62)64-51-53(38-30-24-20-16-12-8-3)39-31-25-21-17-13-9-4/h52-55,60H,6-51H2,1-5H3. The lowest BCUT2D eigenvalue weighted by Gasteiger charge is -2.34. The summed E-state index contributed by atoms with van der Waals surface area (Å²) in [6.07, 6.45) is 47.5. The van der Waals surface area contributed by atoms with E-state index in [9.17, 15) is 14.7 Å². The Bertz CT molecular complexity index is 908. The number of nitrogens with zero attached hydrogens (tertiary/aromatic N) is 2. The van der Waals surface area contributed by atoms with Crippen molar-refractivity contribution in [2.24, 2.45) is 11.8 Å². The average molecular weight is 906 g/mol. The summed E-state index contributed by atoms with van der Waals surface area (Å²) in [5.74, 6) is 1.03. The lowest BCUT2D eigenvalue weighted by Crippen LogP contribution is -2.41. The van der Waals surface area contributed by atoms with Crippen LogP contribution in [0.1, 0.15) is 285 Å². The van der Waals surface area contributed by atoms with Crippen molar-refractivity contribution in [1.29, 1.82) is 0 Å². The first-order valence-corrected chi connectivity index (χ1v) is 28.7. The van der Waals surface area contributed by atoms with Gasteiger partial charge in [-0.05, 0) is 109 Å². The molecular weight excluding hydrogens is 793 g/mol. The fourth-order valence-corrected chi connectivity index (χ4v) is 9.92. The summed E-state index contributed by atoms with van der Waals surface area (Å²) >= 11 is 0. The molecule has 1 rings (SSSR count). The first-order valence-electron chi connectivity index (χ1n) is 28.7. The van der Waals surface area contributed by atoms with Crippen LogP contribution in [0, 0.1) is 11.8 Å². The maximum absolute atomic E-state index is 12.9. The number of ether oxygens (including phenoxy) is 2. The largest absolute Gasteiger partial charge is 0.465 e. The predicted octanol–water partition coefficient (Wildman–Crippen LogP) is 16.0. The van der Waals surface area contributed by atoms with Crippen LogP contribution in [0.25, 0.3) is 0 Å². The van der Waals surface area contributed by atoms with E-state index in [1.165, 1.54) is 180 Å². The molecule has 0 spiro atoms. The van der Waals surface area contributed by atoms with Gasteiger partial charge in [0.1, 0.15) is 0 Å². The number of aliphatic hydroxyl groups excluding tert-OH is 1. The Morgan fingerprint density at radius 3 is 1.12 bits per heavy atom. The van der Waals surface area contributed by atoms with Gasteiger partial charge in [-0.25, -0.2) is 0 Å². The topological polar surface area (TPSA) is 79.3 Å². The number of carbonyl (C=O) groups is 2. The number of likely N-dealkylation sites (N-methyl/N-ethyl adjacent to an activating group) is 1. The van der Waals surface area contributed by atoms with Gasteiger partial charge >= 0.3 is 11.9 Å². The molecule has 0 heterocycles. The minimum absolute atomic E-state index is 0.00312. The molecule has 0 radical (unpaired) electrons. The Labute approximate surface area is 399 Å². The normalized spacial score (nSPS) is 15.6. The maximum Gasteiger partial charge on any atom is 0.305 e. The highest BCUT2D eigenvalue weighted by atomic mass is 16.5. The van der Waals surface area contributed by atoms with E-state index in [0.29, 0.717) is 43.9 Å². The molecule has 7 nitrogen and oxygen atoms in total. The van der Waals surface area contributed by atoms with Gasteiger partial charge in [0, 0.05) is 32.0 Å². The molecule has 1 aliphatic rings. The summed E-state index contributed by atoms with van der Waals surface area (Å²) in [6.45, 7) is 14.5. The fourth-order valence-electron chi connectivity index (χ4n) is 9.92. The van der Waals surface area contributed by atoms with E-state index >= 15 is 0 Å². The van der Waals surface area contributed by atoms with Gasteiger partial charge in [-0.2, -0.15) is 0 Å².